The lowest BCUT2D eigenvalue weighted by Gasteiger charge is -2.15. The van der Waals surface area contributed by atoms with Crippen LogP contribution in [0.1, 0.15) is 24.1 Å². The highest BCUT2D eigenvalue weighted by Crippen LogP contribution is 2.22. The van der Waals surface area contributed by atoms with Crippen molar-refractivity contribution < 1.29 is 0 Å². The zero-order chi connectivity index (χ0) is 13.0. The summed E-state index contributed by atoms with van der Waals surface area (Å²) in [5.41, 5.74) is 2.33. The number of rotatable bonds is 4. The molecule has 1 nitrogen and oxygen atoms in total. The molecule has 0 aromatic heterocycles. The van der Waals surface area contributed by atoms with Crippen LogP contribution in [0.3, 0.4) is 0 Å². The first-order valence-electron chi connectivity index (χ1n) is 5.89. The summed E-state index contributed by atoms with van der Waals surface area (Å²) in [6, 6.07) is 16.0. The van der Waals surface area contributed by atoms with Gasteiger partial charge >= 0.3 is 0 Å². The molecule has 1 N–H and O–H groups in total. The number of nitrogens with one attached hydrogen (secondary N) is 1. The number of halogens is 2. The fourth-order valence-electron chi connectivity index (χ4n) is 1.81. The Morgan fingerprint density at radius 3 is 2.33 bits per heavy atom. The Morgan fingerprint density at radius 2 is 1.67 bits per heavy atom. The van der Waals surface area contributed by atoms with Crippen molar-refractivity contribution in [2.45, 2.75) is 19.5 Å². The fraction of sp³-hybridized carbons (Fsp3) is 0.200. The Bertz CT molecular complexity index is 508. The van der Waals surface area contributed by atoms with Gasteiger partial charge in [0.05, 0.1) is 0 Å². The van der Waals surface area contributed by atoms with E-state index in [1.54, 1.807) is 0 Å². The van der Waals surface area contributed by atoms with Crippen LogP contribution in [-0.4, -0.2) is 0 Å². The summed E-state index contributed by atoms with van der Waals surface area (Å²) in [4.78, 5) is 0. The van der Waals surface area contributed by atoms with Crippen LogP contribution in [0.4, 0.5) is 0 Å². The highest BCUT2D eigenvalue weighted by molar-refractivity contribution is 6.31. The molecule has 94 valence electrons. The lowest BCUT2D eigenvalue weighted by atomic mass is 10.1. The predicted molar refractivity (Wildman–Crippen MR) is 78.2 cm³/mol. The molecule has 1 atom stereocenters. The minimum absolute atomic E-state index is 0.217. The summed E-state index contributed by atoms with van der Waals surface area (Å²) in [5, 5.41) is 5.01. The minimum Gasteiger partial charge on any atom is -0.306 e. The Hall–Kier alpha value is -1.02. The van der Waals surface area contributed by atoms with Gasteiger partial charge in [0.1, 0.15) is 0 Å². The topological polar surface area (TPSA) is 12.0 Å². The van der Waals surface area contributed by atoms with Crippen molar-refractivity contribution in [3.63, 3.8) is 0 Å². The van der Waals surface area contributed by atoms with Crippen LogP contribution in [0.25, 0.3) is 0 Å². The summed E-state index contributed by atoms with van der Waals surface area (Å²) in [5.74, 6) is 0. The zero-order valence-electron chi connectivity index (χ0n) is 10.2. The van der Waals surface area contributed by atoms with E-state index >= 15 is 0 Å². The van der Waals surface area contributed by atoms with E-state index in [0.29, 0.717) is 0 Å². The molecule has 0 bridgehead atoms. The molecule has 0 aliphatic heterocycles. The third-order valence-electron chi connectivity index (χ3n) is 2.90. The van der Waals surface area contributed by atoms with E-state index in [0.717, 1.165) is 22.2 Å². The van der Waals surface area contributed by atoms with Gasteiger partial charge in [-0.2, -0.15) is 0 Å². The molecular formula is C15H15Cl2N. The zero-order valence-corrected chi connectivity index (χ0v) is 11.7. The molecule has 3 heteroatoms. The molecule has 0 aliphatic rings. The van der Waals surface area contributed by atoms with Gasteiger partial charge in [-0.15, -0.1) is 0 Å². The SMILES string of the molecule is C[C@@H](NCc1ccc(Cl)cc1)c1ccccc1Cl. The molecule has 0 amide bonds. The number of hydrogen-bond acceptors (Lipinski definition) is 1. The minimum atomic E-state index is 0.217. The average molecular weight is 280 g/mol. The van der Waals surface area contributed by atoms with Crippen LogP contribution < -0.4 is 5.32 Å². The molecule has 0 saturated carbocycles. The van der Waals surface area contributed by atoms with Crippen molar-refractivity contribution in [3.8, 4) is 0 Å². The molecule has 0 saturated heterocycles. The molecular weight excluding hydrogens is 265 g/mol. The maximum Gasteiger partial charge on any atom is 0.0453 e. The molecule has 0 radical (unpaired) electrons. The molecule has 0 unspecified atom stereocenters. The Morgan fingerprint density at radius 1 is 1.00 bits per heavy atom. The van der Waals surface area contributed by atoms with Crippen LogP contribution in [-0.2, 0) is 6.54 Å². The van der Waals surface area contributed by atoms with Crippen LogP contribution in [0.5, 0.6) is 0 Å². The van der Waals surface area contributed by atoms with Crippen molar-refractivity contribution in [1.29, 1.82) is 0 Å². The van der Waals surface area contributed by atoms with E-state index < -0.39 is 0 Å². The van der Waals surface area contributed by atoms with Crippen molar-refractivity contribution in [2.24, 2.45) is 0 Å². The van der Waals surface area contributed by atoms with Gasteiger partial charge < -0.3 is 5.32 Å². The largest absolute Gasteiger partial charge is 0.306 e. The van der Waals surface area contributed by atoms with Gasteiger partial charge in [-0.3, -0.25) is 0 Å². The quantitative estimate of drug-likeness (QED) is 0.844. The molecule has 0 aliphatic carbocycles. The van der Waals surface area contributed by atoms with Crippen molar-refractivity contribution in [2.75, 3.05) is 0 Å². The lowest BCUT2D eigenvalue weighted by molar-refractivity contribution is 0.575. The molecule has 2 rings (SSSR count). The molecule has 18 heavy (non-hydrogen) atoms. The summed E-state index contributed by atoms with van der Waals surface area (Å²) < 4.78 is 0. The summed E-state index contributed by atoms with van der Waals surface area (Å²) in [7, 11) is 0. The lowest BCUT2D eigenvalue weighted by Crippen LogP contribution is -2.18. The van der Waals surface area contributed by atoms with E-state index in [1.807, 2.05) is 48.5 Å². The Labute approximate surface area is 118 Å². The van der Waals surface area contributed by atoms with Crippen molar-refractivity contribution in [1.82, 2.24) is 5.32 Å². The standard InChI is InChI=1S/C15H15Cl2N/c1-11(14-4-2-3-5-15(14)17)18-10-12-6-8-13(16)9-7-12/h2-9,11,18H,10H2,1H3/t11-/m1/s1. The van der Waals surface area contributed by atoms with Gasteiger partial charge in [-0.05, 0) is 36.2 Å². The van der Waals surface area contributed by atoms with Gasteiger partial charge in [0.2, 0.25) is 0 Å². The summed E-state index contributed by atoms with van der Waals surface area (Å²) in [6.07, 6.45) is 0. The molecule has 0 heterocycles. The Balaban J connectivity index is 1.98. The predicted octanol–water partition coefficient (Wildman–Crippen LogP) is 4.84. The fourth-order valence-corrected chi connectivity index (χ4v) is 2.23. The van der Waals surface area contributed by atoms with Crippen LogP contribution in [0, 0.1) is 0 Å². The van der Waals surface area contributed by atoms with Gasteiger partial charge in [-0.1, -0.05) is 53.5 Å². The third-order valence-corrected chi connectivity index (χ3v) is 3.49. The normalized spacial score (nSPS) is 12.4. The second-order valence-electron chi connectivity index (χ2n) is 4.25. The number of benzene rings is 2. The maximum absolute atomic E-state index is 6.16. The average Bonchev–Trinajstić information content (AvgIpc) is 2.38. The molecule has 0 spiro atoms. The number of hydrogen-bond donors (Lipinski definition) is 1. The highest BCUT2D eigenvalue weighted by Gasteiger charge is 2.07. The first-order chi connectivity index (χ1) is 8.66. The van der Waals surface area contributed by atoms with Gasteiger partial charge in [0, 0.05) is 22.6 Å². The smallest absolute Gasteiger partial charge is 0.0453 e. The first-order valence-corrected chi connectivity index (χ1v) is 6.64. The summed E-state index contributed by atoms with van der Waals surface area (Å²) in [6.45, 7) is 2.90. The van der Waals surface area contributed by atoms with Crippen molar-refractivity contribution in [3.05, 3.63) is 69.7 Å². The van der Waals surface area contributed by atoms with E-state index in [4.69, 9.17) is 23.2 Å². The molecule has 2 aromatic carbocycles. The maximum atomic E-state index is 6.16. The van der Waals surface area contributed by atoms with E-state index in [1.165, 1.54) is 5.56 Å². The van der Waals surface area contributed by atoms with Crippen LogP contribution in [0.2, 0.25) is 10.0 Å². The second kappa shape index (κ2) is 6.24. The third kappa shape index (κ3) is 3.49. The Kier molecular flexibility index (Phi) is 4.65. The van der Waals surface area contributed by atoms with Crippen LogP contribution >= 0.6 is 23.2 Å². The molecule has 0 fully saturated rings. The van der Waals surface area contributed by atoms with Crippen LogP contribution in [0.15, 0.2) is 48.5 Å². The van der Waals surface area contributed by atoms with Crippen molar-refractivity contribution >= 4 is 23.2 Å². The monoisotopic (exact) mass is 279 g/mol. The van der Waals surface area contributed by atoms with E-state index in [-0.39, 0.29) is 6.04 Å². The van der Waals surface area contributed by atoms with Gasteiger partial charge in [-0.25, -0.2) is 0 Å². The van der Waals surface area contributed by atoms with Gasteiger partial charge in [0.25, 0.3) is 0 Å². The van der Waals surface area contributed by atoms with Gasteiger partial charge in [0.15, 0.2) is 0 Å². The molecule has 2 aromatic rings. The summed E-state index contributed by atoms with van der Waals surface area (Å²) >= 11 is 12.0. The second-order valence-corrected chi connectivity index (χ2v) is 5.09. The van der Waals surface area contributed by atoms with E-state index in [2.05, 4.69) is 12.2 Å². The highest BCUT2D eigenvalue weighted by atomic mass is 35.5. The first kappa shape index (κ1) is 13.4. The van der Waals surface area contributed by atoms with E-state index in [9.17, 15) is 0 Å².